The van der Waals surface area contributed by atoms with Crippen molar-refractivity contribution in [2.75, 3.05) is 23.3 Å². The lowest BCUT2D eigenvalue weighted by molar-refractivity contribution is -0.118. The molecule has 26 heavy (non-hydrogen) atoms. The minimum atomic E-state index is -0.205. The molecule has 2 aromatic rings. The van der Waals surface area contributed by atoms with E-state index in [2.05, 4.69) is 39.6 Å². The van der Waals surface area contributed by atoms with Crippen LogP contribution in [0.1, 0.15) is 38.2 Å². The maximum absolute atomic E-state index is 12.8. The lowest BCUT2D eigenvalue weighted by Crippen LogP contribution is -2.40. The van der Waals surface area contributed by atoms with Gasteiger partial charge in [-0.05, 0) is 55.2 Å². The molecule has 1 aromatic carbocycles. The van der Waals surface area contributed by atoms with Crippen molar-refractivity contribution in [3.63, 3.8) is 0 Å². The third-order valence-electron chi connectivity index (χ3n) is 4.78. The van der Waals surface area contributed by atoms with Gasteiger partial charge in [-0.3, -0.25) is 9.78 Å². The number of hydrogen-bond donors (Lipinski definition) is 2. The van der Waals surface area contributed by atoms with Crippen LogP contribution < -0.4 is 15.5 Å². The molecular formula is C21H28N4O. The number of benzene rings is 1. The van der Waals surface area contributed by atoms with Gasteiger partial charge in [-0.15, -0.1) is 0 Å². The fraction of sp³-hybridized carbons (Fsp3) is 0.429. The summed E-state index contributed by atoms with van der Waals surface area (Å²) in [5, 5.41) is 6.46. The maximum Gasteiger partial charge on any atom is 0.241 e. The summed E-state index contributed by atoms with van der Waals surface area (Å²) in [7, 11) is 0. The Morgan fingerprint density at radius 3 is 2.69 bits per heavy atom. The van der Waals surface area contributed by atoms with Crippen molar-refractivity contribution in [2.24, 2.45) is 0 Å². The Morgan fingerprint density at radius 2 is 1.96 bits per heavy atom. The average Bonchev–Trinajstić information content (AvgIpc) is 3.21. The van der Waals surface area contributed by atoms with E-state index in [9.17, 15) is 4.79 Å². The van der Waals surface area contributed by atoms with Crippen LogP contribution in [0.3, 0.4) is 0 Å². The molecule has 0 radical (unpaired) electrons. The van der Waals surface area contributed by atoms with Crippen LogP contribution >= 0.6 is 0 Å². The first-order valence-electron chi connectivity index (χ1n) is 9.54. The van der Waals surface area contributed by atoms with E-state index in [0.29, 0.717) is 6.54 Å². The summed E-state index contributed by atoms with van der Waals surface area (Å²) in [5.41, 5.74) is 3.19. The Labute approximate surface area is 155 Å². The molecule has 1 fully saturated rings. The fourth-order valence-corrected chi connectivity index (χ4v) is 3.34. The zero-order valence-electron chi connectivity index (χ0n) is 15.4. The standard InChI is InChI=1S/C21H28N4O/c1-2-6-20(23-16-17-9-11-22-12-10-17)21(26)24-18-7-5-8-19(15-18)25-13-3-4-14-25/h5,7-12,15,20,23H,2-4,6,13-14,16H2,1H3,(H,24,26). The van der Waals surface area contributed by atoms with Crippen molar-refractivity contribution >= 4 is 17.3 Å². The number of anilines is 2. The van der Waals surface area contributed by atoms with Gasteiger partial charge in [0.25, 0.3) is 0 Å². The molecule has 0 spiro atoms. The van der Waals surface area contributed by atoms with Gasteiger partial charge in [0.15, 0.2) is 0 Å². The fourth-order valence-electron chi connectivity index (χ4n) is 3.34. The number of amides is 1. The average molecular weight is 352 g/mol. The number of nitrogens with one attached hydrogen (secondary N) is 2. The van der Waals surface area contributed by atoms with Crippen molar-refractivity contribution in [2.45, 2.75) is 45.2 Å². The second-order valence-corrected chi connectivity index (χ2v) is 6.81. The first kappa shape index (κ1) is 18.4. The van der Waals surface area contributed by atoms with Gasteiger partial charge in [0.1, 0.15) is 0 Å². The van der Waals surface area contributed by atoms with Gasteiger partial charge in [0.2, 0.25) is 5.91 Å². The molecule has 1 aliphatic rings. The summed E-state index contributed by atoms with van der Waals surface area (Å²) < 4.78 is 0. The highest BCUT2D eigenvalue weighted by Gasteiger charge is 2.18. The molecule has 1 atom stereocenters. The molecule has 1 unspecified atom stereocenters. The summed E-state index contributed by atoms with van der Waals surface area (Å²) in [4.78, 5) is 19.2. The predicted octanol–water partition coefficient (Wildman–Crippen LogP) is 3.58. The molecule has 3 rings (SSSR count). The Kier molecular flexibility index (Phi) is 6.61. The Morgan fingerprint density at radius 1 is 1.19 bits per heavy atom. The van der Waals surface area contributed by atoms with E-state index < -0.39 is 0 Å². The van der Waals surface area contributed by atoms with Crippen molar-refractivity contribution in [3.05, 3.63) is 54.4 Å². The van der Waals surface area contributed by atoms with E-state index in [0.717, 1.165) is 37.2 Å². The summed E-state index contributed by atoms with van der Waals surface area (Å²) in [6.45, 7) is 4.96. The van der Waals surface area contributed by atoms with E-state index in [1.54, 1.807) is 12.4 Å². The number of carbonyl (C=O) groups is 1. The van der Waals surface area contributed by atoms with Crippen LogP contribution in [0.2, 0.25) is 0 Å². The van der Waals surface area contributed by atoms with Crippen molar-refractivity contribution < 1.29 is 4.79 Å². The Balaban J connectivity index is 1.61. The number of hydrogen-bond acceptors (Lipinski definition) is 4. The van der Waals surface area contributed by atoms with Gasteiger partial charge >= 0.3 is 0 Å². The molecular weight excluding hydrogens is 324 g/mol. The van der Waals surface area contributed by atoms with Gasteiger partial charge in [0, 0.05) is 43.4 Å². The van der Waals surface area contributed by atoms with E-state index in [1.807, 2.05) is 24.3 Å². The summed E-state index contributed by atoms with van der Waals surface area (Å²) in [6.07, 6.45) is 7.80. The van der Waals surface area contributed by atoms with Gasteiger partial charge in [-0.25, -0.2) is 0 Å². The highest BCUT2D eigenvalue weighted by Crippen LogP contribution is 2.23. The van der Waals surface area contributed by atoms with Crippen LogP contribution in [-0.2, 0) is 11.3 Å². The topological polar surface area (TPSA) is 57.3 Å². The quantitative estimate of drug-likeness (QED) is 0.762. The molecule has 1 amide bonds. The molecule has 5 heteroatoms. The SMILES string of the molecule is CCCC(NCc1ccncc1)C(=O)Nc1cccc(N2CCCC2)c1. The molecule has 0 aliphatic carbocycles. The van der Waals surface area contributed by atoms with Crippen LogP contribution in [0.15, 0.2) is 48.8 Å². The van der Waals surface area contributed by atoms with E-state index in [4.69, 9.17) is 0 Å². The third-order valence-corrected chi connectivity index (χ3v) is 4.78. The lowest BCUT2D eigenvalue weighted by Gasteiger charge is -2.20. The summed E-state index contributed by atoms with van der Waals surface area (Å²) >= 11 is 0. The monoisotopic (exact) mass is 352 g/mol. The molecule has 2 N–H and O–H groups in total. The van der Waals surface area contributed by atoms with Crippen LogP contribution in [-0.4, -0.2) is 30.0 Å². The zero-order valence-corrected chi connectivity index (χ0v) is 15.4. The van der Waals surface area contributed by atoms with Crippen LogP contribution in [0, 0.1) is 0 Å². The van der Waals surface area contributed by atoms with Crippen LogP contribution in [0.5, 0.6) is 0 Å². The highest BCUT2D eigenvalue weighted by atomic mass is 16.2. The summed E-state index contributed by atoms with van der Waals surface area (Å²) in [6, 6.07) is 11.9. The number of carbonyl (C=O) groups excluding carboxylic acids is 1. The second kappa shape index (κ2) is 9.34. The summed E-state index contributed by atoms with van der Waals surface area (Å²) in [5.74, 6) is 0.0273. The minimum Gasteiger partial charge on any atom is -0.371 e. The van der Waals surface area contributed by atoms with Crippen molar-refractivity contribution in [1.82, 2.24) is 10.3 Å². The molecule has 1 aliphatic heterocycles. The smallest absolute Gasteiger partial charge is 0.241 e. The predicted molar refractivity (Wildman–Crippen MR) is 106 cm³/mol. The van der Waals surface area contributed by atoms with Gasteiger partial charge in [0.05, 0.1) is 6.04 Å². The van der Waals surface area contributed by atoms with Crippen molar-refractivity contribution in [3.8, 4) is 0 Å². The molecule has 1 saturated heterocycles. The van der Waals surface area contributed by atoms with E-state index >= 15 is 0 Å². The van der Waals surface area contributed by atoms with E-state index in [-0.39, 0.29) is 11.9 Å². The molecule has 2 heterocycles. The lowest BCUT2D eigenvalue weighted by atomic mass is 10.1. The first-order chi connectivity index (χ1) is 12.8. The minimum absolute atomic E-state index is 0.0273. The third kappa shape index (κ3) is 5.05. The Hall–Kier alpha value is -2.40. The molecule has 5 nitrogen and oxygen atoms in total. The van der Waals surface area contributed by atoms with Crippen LogP contribution in [0.4, 0.5) is 11.4 Å². The van der Waals surface area contributed by atoms with Gasteiger partial charge in [-0.1, -0.05) is 19.4 Å². The molecule has 0 saturated carbocycles. The molecule has 0 bridgehead atoms. The number of rotatable bonds is 8. The second-order valence-electron chi connectivity index (χ2n) is 6.81. The molecule has 1 aromatic heterocycles. The zero-order chi connectivity index (χ0) is 18.2. The highest BCUT2D eigenvalue weighted by molar-refractivity contribution is 5.95. The first-order valence-corrected chi connectivity index (χ1v) is 9.54. The van der Waals surface area contributed by atoms with Gasteiger partial charge < -0.3 is 15.5 Å². The van der Waals surface area contributed by atoms with Crippen molar-refractivity contribution in [1.29, 1.82) is 0 Å². The van der Waals surface area contributed by atoms with E-state index in [1.165, 1.54) is 18.5 Å². The number of aromatic nitrogens is 1. The number of nitrogens with zero attached hydrogens (tertiary/aromatic N) is 2. The Bertz CT molecular complexity index is 698. The van der Waals surface area contributed by atoms with Gasteiger partial charge in [-0.2, -0.15) is 0 Å². The number of pyridine rings is 1. The maximum atomic E-state index is 12.8. The van der Waals surface area contributed by atoms with Crippen LogP contribution in [0.25, 0.3) is 0 Å². The largest absolute Gasteiger partial charge is 0.371 e. The molecule has 138 valence electrons. The normalized spacial score (nSPS) is 15.0.